The number of carbonyl (C=O) groups is 1. The van der Waals surface area contributed by atoms with Crippen molar-refractivity contribution in [3.63, 3.8) is 0 Å². The van der Waals surface area contributed by atoms with Crippen LogP contribution in [0.1, 0.15) is 44.9 Å². The van der Waals surface area contributed by atoms with Gasteiger partial charge in [0, 0.05) is 25.7 Å². The first-order valence-electron chi connectivity index (χ1n) is 8.32. The van der Waals surface area contributed by atoms with E-state index >= 15 is 0 Å². The molecule has 0 aromatic rings. The van der Waals surface area contributed by atoms with Crippen molar-refractivity contribution in [2.24, 2.45) is 0 Å². The van der Waals surface area contributed by atoms with Gasteiger partial charge in [-0.15, -0.1) is 0 Å². The minimum atomic E-state index is -4.39. The van der Waals surface area contributed by atoms with Crippen LogP contribution in [0.5, 0.6) is 0 Å². The molecule has 0 spiro atoms. The summed E-state index contributed by atoms with van der Waals surface area (Å²) in [6.45, 7) is 0.823. The van der Waals surface area contributed by atoms with Crippen LogP contribution in [0.2, 0.25) is 0 Å². The molecule has 1 aliphatic carbocycles. The van der Waals surface area contributed by atoms with Gasteiger partial charge in [-0.25, -0.2) is 4.79 Å². The molecule has 134 valence electrons. The molecule has 0 atom stereocenters. The number of halogens is 3. The van der Waals surface area contributed by atoms with Gasteiger partial charge in [-0.3, -0.25) is 0 Å². The van der Waals surface area contributed by atoms with E-state index in [1.165, 1.54) is 6.42 Å². The van der Waals surface area contributed by atoms with Gasteiger partial charge in [0.05, 0.1) is 5.60 Å². The molecule has 5 nitrogen and oxygen atoms in total. The van der Waals surface area contributed by atoms with Crippen molar-refractivity contribution in [1.82, 2.24) is 15.5 Å². The molecule has 2 rings (SSSR count). The number of nitrogens with zero attached hydrogens (tertiary/aromatic N) is 1. The lowest BCUT2D eigenvalue weighted by molar-refractivity contribution is -0.122. The van der Waals surface area contributed by atoms with Crippen LogP contribution in [0.25, 0.3) is 0 Å². The van der Waals surface area contributed by atoms with Crippen molar-refractivity contribution in [2.45, 2.75) is 62.8 Å². The Hall–Kier alpha value is -1.02. The lowest BCUT2D eigenvalue weighted by atomic mass is 9.84. The zero-order valence-corrected chi connectivity index (χ0v) is 13.3. The Morgan fingerprint density at radius 1 is 1.17 bits per heavy atom. The molecule has 2 fully saturated rings. The molecule has 2 amide bonds. The number of hydrogen-bond acceptors (Lipinski definition) is 3. The first-order valence-corrected chi connectivity index (χ1v) is 8.32. The Labute approximate surface area is 134 Å². The lowest BCUT2D eigenvalue weighted by Crippen LogP contribution is -2.52. The van der Waals surface area contributed by atoms with Crippen LogP contribution in [0.4, 0.5) is 18.0 Å². The standard InChI is InChI=1S/C15H26F3N3O2/c16-15(17,18)10-19-13(22)20-12-4-8-21(9-5-12)11-14(23)6-2-1-3-7-14/h12,23H,1-11H2,(H2,19,20,22). The molecule has 3 N–H and O–H groups in total. The highest BCUT2D eigenvalue weighted by Gasteiger charge is 2.33. The second-order valence-corrected chi connectivity index (χ2v) is 6.78. The summed E-state index contributed by atoms with van der Waals surface area (Å²) < 4.78 is 36.1. The maximum atomic E-state index is 12.0. The highest BCUT2D eigenvalue weighted by molar-refractivity contribution is 5.74. The summed E-state index contributed by atoms with van der Waals surface area (Å²) in [6, 6.07) is -0.882. The van der Waals surface area contributed by atoms with Crippen molar-refractivity contribution < 1.29 is 23.1 Å². The second kappa shape index (κ2) is 7.70. The van der Waals surface area contributed by atoms with E-state index in [1.807, 2.05) is 5.32 Å². The number of alkyl halides is 3. The molecule has 1 aliphatic heterocycles. The van der Waals surface area contributed by atoms with E-state index in [4.69, 9.17) is 0 Å². The molecule has 1 saturated heterocycles. The molecule has 0 aromatic carbocycles. The van der Waals surface area contributed by atoms with E-state index in [-0.39, 0.29) is 6.04 Å². The molecular weight excluding hydrogens is 311 g/mol. The van der Waals surface area contributed by atoms with Crippen LogP contribution in [0.3, 0.4) is 0 Å². The summed E-state index contributed by atoms with van der Waals surface area (Å²) >= 11 is 0. The summed E-state index contributed by atoms with van der Waals surface area (Å²) in [5, 5.41) is 15.0. The Bertz CT molecular complexity index is 390. The van der Waals surface area contributed by atoms with Gasteiger partial charge in [0.15, 0.2) is 0 Å². The number of urea groups is 1. The number of nitrogens with one attached hydrogen (secondary N) is 2. The minimum absolute atomic E-state index is 0.111. The number of β-amino-alcohol motifs (C(OH)–C–C–N with tert-alkyl or cyclic N) is 1. The van der Waals surface area contributed by atoms with E-state index in [0.717, 1.165) is 38.8 Å². The van der Waals surface area contributed by atoms with Crippen LogP contribution in [0, 0.1) is 0 Å². The Morgan fingerprint density at radius 3 is 2.35 bits per heavy atom. The quantitative estimate of drug-likeness (QED) is 0.735. The summed E-state index contributed by atoms with van der Waals surface area (Å²) in [6.07, 6.45) is 1.97. The molecule has 1 heterocycles. The minimum Gasteiger partial charge on any atom is -0.389 e. The average Bonchev–Trinajstić information content (AvgIpc) is 2.47. The highest BCUT2D eigenvalue weighted by Crippen LogP contribution is 2.29. The number of amides is 2. The van der Waals surface area contributed by atoms with Gasteiger partial charge in [-0.1, -0.05) is 19.3 Å². The van der Waals surface area contributed by atoms with Gasteiger partial charge < -0.3 is 20.6 Å². The number of aliphatic hydroxyl groups is 1. The van der Waals surface area contributed by atoms with Crippen LogP contribution in [0.15, 0.2) is 0 Å². The largest absolute Gasteiger partial charge is 0.405 e. The molecule has 8 heteroatoms. The first kappa shape index (κ1) is 18.3. The van der Waals surface area contributed by atoms with E-state index in [0.29, 0.717) is 19.4 Å². The third-order valence-corrected chi connectivity index (χ3v) is 4.67. The van der Waals surface area contributed by atoms with Crippen molar-refractivity contribution >= 4 is 6.03 Å². The predicted octanol–water partition coefficient (Wildman–Crippen LogP) is 2.01. The van der Waals surface area contributed by atoms with E-state index in [2.05, 4.69) is 10.2 Å². The van der Waals surface area contributed by atoms with Crippen molar-refractivity contribution in [3.8, 4) is 0 Å². The van der Waals surface area contributed by atoms with Crippen LogP contribution in [-0.4, -0.2) is 60.0 Å². The Balaban J connectivity index is 1.66. The second-order valence-electron chi connectivity index (χ2n) is 6.78. The number of rotatable bonds is 4. The van der Waals surface area contributed by atoms with Gasteiger partial charge in [-0.05, 0) is 25.7 Å². The zero-order valence-electron chi connectivity index (χ0n) is 13.3. The fourth-order valence-corrected chi connectivity index (χ4v) is 3.44. The Morgan fingerprint density at radius 2 is 1.78 bits per heavy atom. The number of likely N-dealkylation sites (tertiary alicyclic amines) is 1. The molecule has 0 bridgehead atoms. The van der Waals surface area contributed by atoms with E-state index in [1.54, 1.807) is 0 Å². The molecular formula is C15H26F3N3O2. The number of hydrogen-bond donors (Lipinski definition) is 3. The van der Waals surface area contributed by atoms with Crippen molar-refractivity contribution in [2.75, 3.05) is 26.2 Å². The lowest BCUT2D eigenvalue weighted by Gasteiger charge is -2.40. The molecule has 2 aliphatic rings. The van der Waals surface area contributed by atoms with Crippen LogP contribution < -0.4 is 10.6 Å². The van der Waals surface area contributed by atoms with Gasteiger partial charge in [0.25, 0.3) is 0 Å². The van der Waals surface area contributed by atoms with Gasteiger partial charge in [0.2, 0.25) is 0 Å². The maximum Gasteiger partial charge on any atom is 0.405 e. The predicted molar refractivity (Wildman–Crippen MR) is 80.1 cm³/mol. The molecule has 1 saturated carbocycles. The fraction of sp³-hybridized carbons (Fsp3) is 0.933. The third-order valence-electron chi connectivity index (χ3n) is 4.67. The average molecular weight is 337 g/mol. The summed E-state index contributed by atoms with van der Waals surface area (Å²) in [5.41, 5.74) is -0.595. The number of carbonyl (C=O) groups excluding carboxylic acids is 1. The van der Waals surface area contributed by atoms with Crippen LogP contribution in [-0.2, 0) is 0 Å². The zero-order chi connectivity index (χ0) is 16.9. The number of piperidine rings is 1. The van der Waals surface area contributed by atoms with Gasteiger partial charge >= 0.3 is 12.2 Å². The molecule has 23 heavy (non-hydrogen) atoms. The highest BCUT2D eigenvalue weighted by atomic mass is 19.4. The fourth-order valence-electron chi connectivity index (χ4n) is 3.44. The summed E-state index contributed by atoms with van der Waals surface area (Å²) in [4.78, 5) is 13.6. The first-order chi connectivity index (χ1) is 10.8. The van der Waals surface area contributed by atoms with Crippen LogP contribution >= 0.6 is 0 Å². The maximum absolute atomic E-state index is 12.0. The van der Waals surface area contributed by atoms with E-state index < -0.39 is 24.4 Å². The smallest absolute Gasteiger partial charge is 0.389 e. The van der Waals surface area contributed by atoms with Gasteiger partial charge in [0.1, 0.15) is 6.54 Å². The van der Waals surface area contributed by atoms with Crippen molar-refractivity contribution in [3.05, 3.63) is 0 Å². The molecule has 0 radical (unpaired) electrons. The topological polar surface area (TPSA) is 64.6 Å². The normalized spacial score (nSPS) is 23.5. The Kier molecular flexibility index (Phi) is 6.13. The summed E-state index contributed by atoms with van der Waals surface area (Å²) in [7, 11) is 0. The SMILES string of the molecule is O=C(NCC(F)(F)F)NC1CCN(CC2(O)CCCCC2)CC1. The molecule has 0 unspecified atom stereocenters. The van der Waals surface area contributed by atoms with Crippen molar-refractivity contribution in [1.29, 1.82) is 0 Å². The van der Waals surface area contributed by atoms with E-state index in [9.17, 15) is 23.1 Å². The third kappa shape index (κ3) is 6.55. The monoisotopic (exact) mass is 337 g/mol. The summed E-state index contributed by atoms with van der Waals surface area (Å²) in [5.74, 6) is 0. The molecule has 0 aromatic heterocycles. The van der Waals surface area contributed by atoms with Gasteiger partial charge in [-0.2, -0.15) is 13.2 Å².